The van der Waals surface area contributed by atoms with Crippen LogP contribution in [0.5, 0.6) is 0 Å². The van der Waals surface area contributed by atoms with Gasteiger partial charge in [-0.1, -0.05) is 26.7 Å². The molecule has 0 aromatic rings. The zero-order chi connectivity index (χ0) is 17.9. The first-order valence-electron chi connectivity index (χ1n) is 10.2. The molecule has 0 spiro atoms. The second kappa shape index (κ2) is 11.7. The number of aliphatic imine (C=N–C) groups is 1. The van der Waals surface area contributed by atoms with Crippen LogP contribution < -0.4 is 11.1 Å². The molecule has 25 heavy (non-hydrogen) atoms. The molecule has 1 unspecified atom stereocenters. The van der Waals surface area contributed by atoms with E-state index < -0.39 is 0 Å². The SMILES string of the molecule is CC(C)C(CN=C(N)NCCCN1CCOCC1)N1CCCCCC1. The van der Waals surface area contributed by atoms with Crippen molar-refractivity contribution in [3.05, 3.63) is 0 Å². The van der Waals surface area contributed by atoms with E-state index in [4.69, 9.17) is 10.5 Å². The van der Waals surface area contributed by atoms with Gasteiger partial charge in [-0.2, -0.15) is 0 Å². The van der Waals surface area contributed by atoms with Crippen molar-refractivity contribution in [3.8, 4) is 0 Å². The van der Waals surface area contributed by atoms with E-state index in [9.17, 15) is 0 Å². The molecule has 0 amide bonds. The fourth-order valence-corrected chi connectivity index (χ4v) is 3.77. The summed E-state index contributed by atoms with van der Waals surface area (Å²) in [6.45, 7) is 13.7. The molecule has 6 nitrogen and oxygen atoms in total. The van der Waals surface area contributed by atoms with Crippen LogP contribution in [0.15, 0.2) is 4.99 Å². The second-order valence-corrected chi connectivity index (χ2v) is 7.72. The highest BCUT2D eigenvalue weighted by Crippen LogP contribution is 2.17. The van der Waals surface area contributed by atoms with Crippen molar-refractivity contribution in [1.82, 2.24) is 15.1 Å². The lowest BCUT2D eigenvalue weighted by Crippen LogP contribution is -2.43. The third-order valence-electron chi connectivity index (χ3n) is 5.39. The third kappa shape index (κ3) is 7.92. The van der Waals surface area contributed by atoms with Crippen LogP contribution in [0.3, 0.4) is 0 Å². The second-order valence-electron chi connectivity index (χ2n) is 7.72. The third-order valence-corrected chi connectivity index (χ3v) is 5.39. The predicted octanol–water partition coefficient (Wildman–Crippen LogP) is 1.51. The molecule has 2 aliphatic rings. The van der Waals surface area contributed by atoms with Crippen LogP contribution in [-0.2, 0) is 4.74 Å². The van der Waals surface area contributed by atoms with Crippen LogP contribution in [0.25, 0.3) is 0 Å². The molecule has 0 aliphatic carbocycles. The topological polar surface area (TPSA) is 66.1 Å². The Morgan fingerprint density at radius 1 is 1.08 bits per heavy atom. The van der Waals surface area contributed by atoms with Crippen molar-refractivity contribution >= 4 is 5.96 Å². The van der Waals surface area contributed by atoms with E-state index in [0.29, 0.717) is 17.9 Å². The number of guanidine groups is 1. The Bertz CT molecular complexity index is 374. The molecule has 0 radical (unpaired) electrons. The average Bonchev–Trinajstić information content (AvgIpc) is 2.89. The Hall–Kier alpha value is -0.850. The van der Waals surface area contributed by atoms with Crippen LogP contribution in [0, 0.1) is 5.92 Å². The molecule has 2 saturated heterocycles. The Balaban J connectivity index is 1.67. The van der Waals surface area contributed by atoms with Crippen molar-refractivity contribution in [2.45, 2.75) is 52.0 Å². The molecule has 3 N–H and O–H groups in total. The molecule has 2 aliphatic heterocycles. The summed E-state index contributed by atoms with van der Waals surface area (Å²) < 4.78 is 5.38. The molecule has 0 saturated carbocycles. The summed E-state index contributed by atoms with van der Waals surface area (Å²) in [7, 11) is 0. The number of hydrogen-bond acceptors (Lipinski definition) is 4. The van der Waals surface area contributed by atoms with Gasteiger partial charge in [0.25, 0.3) is 0 Å². The number of ether oxygens (including phenoxy) is 1. The van der Waals surface area contributed by atoms with E-state index in [1.54, 1.807) is 0 Å². The van der Waals surface area contributed by atoms with Gasteiger partial charge >= 0.3 is 0 Å². The van der Waals surface area contributed by atoms with Crippen LogP contribution >= 0.6 is 0 Å². The minimum Gasteiger partial charge on any atom is -0.379 e. The Morgan fingerprint density at radius 2 is 1.76 bits per heavy atom. The highest BCUT2D eigenvalue weighted by Gasteiger charge is 2.22. The standard InChI is InChI=1S/C19H39N5O/c1-17(2)18(24-10-5-3-4-6-11-24)16-22-19(20)21-8-7-9-23-12-14-25-15-13-23/h17-18H,3-16H2,1-2H3,(H3,20,21,22). The number of nitrogens with two attached hydrogens (primary N) is 1. The van der Waals surface area contributed by atoms with E-state index in [0.717, 1.165) is 52.4 Å². The first-order valence-corrected chi connectivity index (χ1v) is 10.2. The lowest BCUT2D eigenvalue weighted by molar-refractivity contribution is 0.0376. The summed E-state index contributed by atoms with van der Waals surface area (Å²) in [6, 6.07) is 0.506. The maximum Gasteiger partial charge on any atom is 0.188 e. The summed E-state index contributed by atoms with van der Waals surface area (Å²) in [5, 5.41) is 3.28. The van der Waals surface area contributed by atoms with Crippen LogP contribution in [0.4, 0.5) is 0 Å². The molecule has 1 atom stereocenters. The molecule has 2 fully saturated rings. The maximum absolute atomic E-state index is 6.09. The lowest BCUT2D eigenvalue weighted by Gasteiger charge is -2.32. The van der Waals surface area contributed by atoms with Crippen LogP contribution in [-0.4, -0.2) is 80.8 Å². The highest BCUT2D eigenvalue weighted by molar-refractivity contribution is 5.77. The van der Waals surface area contributed by atoms with Crippen LogP contribution in [0.2, 0.25) is 0 Å². The summed E-state index contributed by atoms with van der Waals surface area (Å²) in [5.74, 6) is 1.21. The predicted molar refractivity (Wildman–Crippen MR) is 105 cm³/mol. The van der Waals surface area contributed by atoms with Crippen molar-refractivity contribution in [2.24, 2.45) is 16.6 Å². The Kier molecular flexibility index (Phi) is 9.58. The first kappa shape index (κ1) is 20.5. The largest absolute Gasteiger partial charge is 0.379 e. The molecular formula is C19H39N5O. The van der Waals surface area contributed by atoms with Crippen molar-refractivity contribution in [2.75, 3.05) is 59.0 Å². The fourth-order valence-electron chi connectivity index (χ4n) is 3.77. The summed E-state index contributed by atoms with van der Waals surface area (Å²) in [4.78, 5) is 9.73. The van der Waals surface area contributed by atoms with E-state index in [1.165, 1.54) is 38.8 Å². The average molecular weight is 354 g/mol. The number of morpholine rings is 1. The molecule has 0 bridgehead atoms. The normalized spacial score (nSPS) is 22.8. The Labute approximate surface area is 154 Å². The minimum atomic E-state index is 0.506. The van der Waals surface area contributed by atoms with Crippen molar-refractivity contribution in [1.29, 1.82) is 0 Å². The summed E-state index contributed by atoms with van der Waals surface area (Å²) in [5.41, 5.74) is 6.09. The monoisotopic (exact) mass is 353 g/mol. The molecule has 0 aromatic carbocycles. The zero-order valence-electron chi connectivity index (χ0n) is 16.4. The van der Waals surface area contributed by atoms with Crippen molar-refractivity contribution < 1.29 is 4.74 Å². The summed E-state index contributed by atoms with van der Waals surface area (Å²) >= 11 is 0. The molecule has 0 aromatic heterocycles. The number of rotatable bonds is 8. The molecule has 146 valence electrons. The van der Waals surface area contributed by atoms with E-state index in [1.807, 2.05) is 0 Å². The van der Waals surface area contributed by atoms with Gasteiger partial charge in [0.2, 0.25) is 0 Å². The quantitative estimate of drug-likeness (QED) is 0.393. The van der Waals surface area contributed by atoms with Gasteiger partial charge in [0.15, 0.2) is 5.96 Å². The number of likely N-dealkylation sites (tertiary alicyclic amines) is 1. The zero-order valence-corrected chi connectivity index (χ0v) is 16.4. The van der Waals surface area contributed by atoms with Gasteiger partial charge < -0.3 is 15.8 Å². The van der Waals surface area contributed by atoms with Gasteiger partial charge in [0.1, 0.15) is 0 Å². The van der Waals surface area contributed by atoms with Gasteiger partial charge in [-0.3, -0.25) is 14.8 Å². The molecular weight excluding hydrogens is 314 g/mol. The van der Waals surface area contributed by atoms with Crippen LogP contribution in [0.1, 0.15) is 46.0 Å². The summed E-state index contributed by atoms with van der Waals surface area (Å²) in [6.07, 6.45) is 6.48. The van der Waals surface area contributed by atoms with Crippen molar-refractivity contribution in [3.63, 3.8) is 0 Å². The molecule has 2 rings (SSSR count). The van der Waals surface area contributed by atoms with E-state index in [2.05, 4.69) is 34.0 Å². The highest BCUT2D eigenvalue weighted by atomic mass is 16.5. The van der Waals surface area contributed by atoms with Gasteiger partial charge in [-0.25, -0.2) is 0 Å². The smallest absolute Gasteiger partial charge is 0.188 e. The van der Waals surface area contributed by atoms with E-state index in [-0.39, 0.29) is 0 Å². The first-order chi connectivity index (χ1) is 12.2. The van der Waals surface area contributed by atoms with Gasteiger partial charge in [0, 0.05) is 25.7 Å². The lowest BCUT2D eigenvalue weighted by atomic mass is 10.0. The van der Waals surface area contributed by atoms with Gasteiger partial charge in [-0.05, 0) is 44.8 Å². The minimum absolute atomic E-state index is 0.506. The number of nitrogens with one attached hydrogen (secondary N) is 1. The molecule has 2 heterocycles. The van der Waals surface area contributed by atoms with Gasteiger partial charge in [0.05, 0.1) is 19.8 Å². The Morgan fingerprint density at radius 3 is 2.40 bits per heavy atom. The number of nitrogens with zero attached hydrogens (tertiary/aromatic N) is 3. The van der Waals surface area contributed by atoms with Gasteiger partial charge in [-0.15, -0.1) is 0 Å². The van der Waals surface area contributed by atoms with E-state index >= 15 is 0 Å². The maximum atomic E-state index is 6.09. The molecule has 6 heteroatoms. The fraction of sp³-hybridized carbons (Fsp3) is 0.947. The number of hydrogen-bond donors (Lipinski definition) is 2.